The van der Waals surface area contributed by atoms with Gasteiger partial charge in [0.25, 0.3) is 5.91 Å². The molecule has 5 nitrogen and oxygen atoms in total. The first-order chi connectivity index (χ1) is 7.11. The first-order valence-electron chi connectivity index (χ1n) is 4.34. The third kappa shape index (κ3) is 1.38. The standard InChI is InChI=1S/C10H9N3O2/c1-13-5-7(10(11)15)9(14)6-2-3-12-4-8(6)13/h2-5H,1H3,(H2,11,15). The number of hydrogen-bond donors (Lipinski definition) is 1. The van der Waals surface area contributed by atoms with Gasteiger partial charge < -0.3 is 10.3 Å². The van der Waals surface area contributed by atoms with Crippen LogP contribution in [0.2, 0.25) is 0 Å². The van der Waals surface area contributed by atoms with Crippen molar-refractivity contribution in [3.63, 3.8) is 0 Å². The Balaban J connectivity index is 2.97. The van der Waals surface area contributed by atoms with Crippen LogP contribution in [0.3, 0.4) is 0 Å². The molecule has 2 rings (SSSR count). The Hall–Kier alpha value is -2.17. The largest absolute Gasteiger partial charge is 0.365 e. The van der Waals surface area contributed by atoms with Crippen molar-refractivity contribution in [3.05, 3.63) is 40.4 Å². The molecule has 0 aromatic carbocycles. The summed E-state index contributed by atoms with van der Waals surface area (Å²) in [5.74, 6) is -0.714. The Labute approximate surface area is 85.2 Å². The van der Waals surface area contributed by atoms with E-state index in [4.69, 9.17) is 5.73 Å². The summed E-state index contributed by atoms with van der Waals surface area (Å²) in [6.45, 7) is 0. The van der Waals surface area contributed by atoms with E-state index in [1.165, 1.54) is 12.4 Å². The number of carbonyl (C=O) groups is 1. The molecule has 0 fully saturated rings. The van der Waals surface area contributed by atoms with Gasteiger partial charge in [-0.2, -0.15) is 0 Å². The molecular formula is C10H9N3O2. The summed E-state index contributed by atoms with van der Waals surface area (Å²) in [6, 6.07) is 1.57. The zero-order valence-electron chi connectivity index (χ0n) is 8.10. The zero-order chi connectivity index (χ0) is 11.0. The minimum Gasteiger partial charge on any atom is -0.365 e. The number of pyridine rings is 2. The van der Waals surface area contributed by atoms with Gasteiger partial charge in [0.2, 0.25) is 5.43 Å². The van der Waals surface area contributed by atoms with Gasteiger partial charge in [-0.15, -0.1) is 0 Å². The van der Waals surface area contributed by atoms with E-state index in [0.29, 0.717) is 10.9 Å². The molecule has 15 heavy (non-hydrogen) atoms. The first-order valence-corrected chi connectivity index (χ1v) is 4.34. The number of nitrogens with two attached hydrogens (primary N) is 1. The molecule has 0 saturated carbocycles. The van der Waals surface area contributed by atoms with Crippen LogP contribution in [0.4, 0.5) is 0 Å². The number of fused-ring (bicyclic) bond motifs is 1. The van der Waals surface area contributed by atoms with Crippen LogP contribution in [0, 0.1) is 0 Å². The van der Waals surface area contributed by atoms with Gasteiger partial charge in [-0.05, 0) is 6.07 Å². The summed E-state index contributed by atoms with van der Waals surface area (Å²) in [4.78, 5) is 26.7. The Morgan fingerprint density at radius 1 is 1.53 bits per heavy atom. The molecule has 2 heterocycles. The maximum atomic E-state index is 11.8. The van der Waals surface area contributed by atoms with Crippen molar-refractivity contribution >= 4 is 16.8 Å². The van der Waals surface area contributed by atoms with Crippen LogP contribution < -0.4 is 11.2 Å². The fourth-order valence-corrected chi connectivity index (χ4v) is 1.50. The molecule has 0 aliphatic carbocycles. The minimum absolute atomic E-state index is 0.00352. The molecule has 0 aliphatic heterocycles. The summed E-state index contributed by atoms with van der Waals surface area (Å²) in [5.41, 5.74) is 5.43. The van der Waals surface area contributed by atoms with E-state index in [1.807, 2.05) is 0 Å². The van der Waals surface area contributed by atoms with Gasteiger partial charge in [0, 0.05) is 24.8 Å². The predicted molar refractivity (Wildman–Crippen MR) is 55.5 cm³/mol. The van der Waals surface area contributed by atoms with Gasteiger partial charge >= 0.3 is 0 Å². The Morgan fingerprint density at radius 2 is 2.27 bits per heavy atom. The van der Waals surface area contributed by atoms with Gasteiger partial charge in [0.05, 0.1) is 11.7 Å². The van der Waals surface area contributed by atoms with E-state index in [-0.39, 0.29) is 11.0 Å². The molecular weight excluding hydrogens is 194 g/mol. The van der Waals surface area contributed by atoms with E-state index in [0.717, 1.165) is 0 Å². The average Bonchev–Trinajstić information content (AvgIpc) is 2.23. The number of aryl methyl sites for hydroxylation is 1. The Morgan fingerprint density at radius 3 is 2.93 bits per heavy atom. The molecule has 0 saturated heterocycles. The molecule has 0 aliphatic rings. The summed E-state index contributed by atoms with van der Waals surface area (Å²) in [7, 11) is 1.73. The lowest BCUT2D eigenvalue weighted by molar-refractivity contribution is 0.0999. The van der Waals surface area contributed by atoms with Crippen LogP contribution in [-0.4, -0.2) is 15.5 Å². The molecule has 2 aromatic heterocycles. The average molecular weight is 203 g/mol. The van der Waals surface area contributed by atoms with E-state index in [2.05, 4.69) is 4.98 Å². The van der Waals surface area contributed by atoms with Gasteiger partial charge in [0.1, 0.15) is 5.56 Å². The molecule has 0 bridgehead atoms. The van der Waals surface area contributed by atoms with Gasteiger partial charge in [-0.25, -0.2) is 0 Å². The van der Waals surface area contributed by atoms with Gasteiger partial charge in [0.15, 0.2) is 0 Å². The van der Waals surface area contributed by atoms with Crippen molar-refractivity contribution < 1.29 is 4.79 Å². The van der Waals surface area contributed by atoms with Crippen LogP contribution in [0.1, 0.15) is 10.4 Å². The molecule has 76 valence electrons. The quantitative estimate of drug-likeness (QED) is 0.710. The van der Waals surface area contributed by atoms with Gasteiger partial charge in [-0.3, -0.25) is 14.6 Å². The fourth-order valence-electron chi connectivity index (χ4n) is 1.50. The Bertz CT molecular complexity index is 601. The van der Waals surface area contributed by atoms with Crippen molar-refractivity contribution in [2.24, 2.45) is 12.8 Å². The highest BCUT2D eigenvalue weighted by molar-refractivity contribution is 5.95. The Kier molecular flexibility index (Phi) is 2.00. The van der Waals surface area contributed by atoms with Crippen LogP contribution in [0.15, 0.2) is 29.5 Å². The van der Waals surface area contributed by atoms with Crippen LogP contribution in [-0.2, 0) is 7.05 Å². The van der Waals surface area contributed by atoms with Crippen LogP contribution in [0.5, 0.6) is 0 Å². The molecule has 2 N–H and O–H groups in total. The van der Waals surface area contributed by atoms with E-state index >= 15 is 0 Å². The zero-order valence-corrected chi connectivity index (χ0v) is 8.10. The summed E-state index contributed by atoms with van der Waals surface area (Å²) >= 11 is 0. The lowest BCUT2D eigenvalue weighted by Crippen LogP contribution is -2.23. The number of amides is 1. The second kappa shape index (κ2) is 3.20. The molecule has 5 heteroatoms. The maximum Gasteiger partial charge on any atom is 0.254 e. The smallest absolute Gasteiger partial charge is 0.254 e. The molecule has 0 atom stereocenters. The minimum atomic E-state index is -0.714. The second-order valence-corrected chi connectivity index (χ2v) is 3.24. The SMILES string of the molecule is Cn1cc(C(N)=O)c(=O)c2ccncc21. The molecule has 0 radical (unpaired) electrons. The number of rotatable bonds is 1. The third-order valence-electron chi connectivity index (χ3n) is 2.26. The third-order valence-corrected chi connectivity index (χ3v) is 2.26. The summed E-state index contributed by atoms with van der Waals surface area (Å²) < 4.78 is 1.66. The van der Waals surface area contributed by atoms with Crippen molar-refractivity contribution in [2.45, 2.75) is 0 Å². The van der Waals surface area contributed by atoms with Gasteiger partial charge in [-0.1, -0.05) is 0 Å². The highest BCUT2D eigenvalue weighted by Gasteiger charge is 2.10. The molecule has 1 amide bonds. The number of primary amides is 1. The second-order valence-electron chi connectivity index (χ2n) is 3.24. The first kappa shape index (κ1) is 9.39. The molecule has 0 unspecified atom stereocenters. The highest BCUT2D eigenvalue weighted by Crippen LogP contribution is 2.07. The van der Waals surface area contributed by atoms with Crippen molar-refractivity contribution in [2.75, 3.05) is 0 Å². The van der Waals surface area contributed by atoms with E-state index < -0.39 is 5.91 Å². The predicted octanol–water partition coefficient (Wildman–Crippen LogP) is 0.0324. The van der Waals surface area contributed by atoms with Crippen molar-refractivity contribution in [1.29, 1.82) is 0 Å². The lowest BCUT2D eigenvalue weighted by atomic mass is 10.1. The normalized spacial score (nSPS) is 10.5. The van der Waals surface area contributed by atoms with Crippen LogP contribution in [0.25, 0.3) is 10.9 Å². The summed E-state index contributed by atoms with van der Waals surface area (Å²) in [6.07, 6.45) is 4.50. The topological polar surface area (TPSA) is 78.0 Å². The monoisotopic (exact) mass is 203 g/mol. The lowest BCUT2D eigenvalue weighted by Gasteiger charge is -2.05. The number of hydrogen-bond acceptors (Lipinski definition) is 3. The number of carbonyl (C=O) groups excluding carboxylic acids is 1. The van der Waals surface area contributed by atoms with E-state index in [9.17, 15) is 9.59 Å². The molecule has 2 aromatic rings. The fraction of sp³-hybridized carbons (Fsp3) is 0.100. The van der Waals surface area contributed by atoms with Crippen molar-refractivity contribution in [1.82, 2.24) is 9.55 Å². The summed E-state index contributed by atoms with van der Waals surface area (Å²) in [5, 5.41) is 0.448. The van der Waals surface area contributed by atoms with Crippen molar-refractivity contribution in [3.8, 4) is 0 Å². The van der Waals surface area contributed by atoms with Crippen LogP contribution >= 0.6 is 0 Å². The number of nitrogens with zero attached hydrogens (tertiary/aromatic N) is 2. The molecule has 0 spiro atoms. The number of aromatic nitrogens is 2. The highest BCUT2D eigenvalue weighted by atomic mass is 16.2. The van der Waals surface area contributed by atoms with E-state index in [1.54, 1.807) is 23.9 Å². The maximum absolute atomic E-state index is 11.8.